The first-order valence-corrected chi connectivity index (χ1v) is 7.07. The van der Waals surface area contributed by atoms with Crippen molar-refractivity contribution in [3.05, 3.63) is 24.3 Å². The van der Waals surface area contributed by atoms with Crippen LogP contribution >= 0.6 is 12.4 Å². The van der Waals surface area contributed by atoms with E-state index < -0.39 is 6.10 Å². The van der Waals surface area contributed by atoms with Crippen LogP contribution in [0.25, 0.3) is 0 Å². The lowest BCUT2D eigenvalue weighted by Gasteiger charge is -2.26. The zero-order valence-corrected chi connectivity index (χ0v) is 14.3. The average molecular weight is 344 g/mol. The van der Waals surface area contributed by atoms with E-state index in [4.69, 9.17) is 14.3 Å². The Morgan fingerprint density at radius 1 is 1.39 bits per heavy atom. The number of halogens is 1. The fraction of sp³-hybridized carbons (Fsp3) is 0.467. The molecule has 1 aromatic carbocycles. The fourth-order valence-corrected chi connectivity index (χ4v) is 1.84. The van der Waals surface area contributed by atoms with Crippen LogP contribution in [-0.2, 0) is 9.63 Å². The van der Waals surface area contributed by atoms with Crippen molar-refractivity contribution in [1.29, 1.82) is 0 Å². The molecule has 2 rings (SSSR count). The predicted octanol–water partition coefficient (Wildman–Crippen LogP) is 1.28. The molecule has 0 fully saturated rings. The van der Waals surface area contributed by atoms with Crippen molar-refractivity contribution >= 4 is 24.1 Å². The van der Waals surface area contributed by atoms with Crippen LogP contribution in [0.4, 0.5) is 0 Å². The Bertz CT molecular complexity index is 551. The maximum absolute atomic E-state index is 11.3. The number of carbonyl (C=O) groups is 1. The highest BCUT2D eigenvalue weighted by molar-refractivity contribution is 5.99. The van der Waals surface area contributed by atoms with Gasteiger partial charge in [-0.2, -0.15) is 0 Å². The molecule has 8 heteroatoms. The Hall–Kier alpha value is -1.99. The Morgan fingerprint density at radius 2 is 2.09 bits per heavy atom. The Balaban J connectivity index is 0.00000264. The molecule has 1 unspecified atom stereocenters. The van der Waals surface area contributed by atoms with Crippen molar-refractivity contribution in [2.24, 2.45) is 5.16 Å². The van der Waals surface area contributed by atoms with Crippen molar-refractivity contribution in [2.45, 2.75) is 13.0 Å². The normalized spacial score (nSPS) is 16.5. The summed E-state index contributed by atoms with van der Waals surface area (Å²) in [4.78, 5) is 18.6. The predicted molar refractivity (Wildman–Crippen MR) is 89.4 cm³/mol. The van der Waals surface area contributed by atoms with Gasteiger partial charge in [-0.15, -0.1) is 12.4 Å². The topological polar surface area (TPSA) is 72.4 Å². The molecule has 0 aliphatic carbocycles. The van der Waals surface area contributed by atoms with Crippen LogP contribution < -0.4 is 14.8 Å². The lowest BCUT2D eigenvalue weighted by atomic mass is 10.2. The first-order chi connectivity index (χ1) is 10.6. The second-order valence-electron chi connectivity index (χ2n) is 5.16. The van der Waals surface area contributed by atoms with Crippen LogP contribution in [0.2, 0.25) is 0 Å². The van der Waals surface area contributed by atoms with E-state index in [1.54, 1.807) is 6.07 Å². The highest BCUT2D eigenvalue weighted by Crippen LogP contribution is 2.30. The van der Waals surface area contributed by atoms with Crippen LogP contribution in [0, 0.1) is 0 Å². The number of oxime groups is 1. The summed E-state index contributed by atoms with van der Waals surface area (Å²) in [7, 11) is 3.88. The quantitative estimate of drug-likeness (QED) is 0.377. The van der Waals surface area contributed by atoms with E-state index in [1.165, 1.54) is 6.92 Å². The van der Waals surface area contributed by atoms with Gasteiger partial charge in [0.25, 0.3) is 0 Å². The van der Waals surface area contributed by atoms with Gasteiger partial charge in [-0.3, -0.25) is 4.79 Å². The van der Waals surface area contributed by atoms with Gasteiger partial charge in [0.2, 0.25) is 5.91 Å². The number of ether oxygens (including phenoxy) is 2. The molecule has 1 amide bonds. The van der Waals surface area contributed by atoms with Gasteiger partial charge in [0.05, 0.1) is 0 Å². The summed E-state index contributed by atoms with van der Waals surface area (Å²) in [6.45, 7) is 2.81. The number of nitrogens with one attached hydrogen (secondary N) is 1. The molecule has 1 atom stereocenters. The Labute approximate surface area is 142 Å². The molecule has 1 N–H and O–H groups in total. The maximum Gasteiger partial charge on any atom is 0.222 e. The number of benzene rings is 1. The highest BCUT2D eigenvalue weighted by Gasteiger charge is 2.27. The zero-order chi connectivity index (χ0) is 15.9. The molecule has 1 aliphatic rings. The molecule has 23 heavy (non-hydrogen) atoms. The van der Waals surface area contributed by atoms with Gasteiger partial charge in [0.15, 0.2) is 23.4 Å². The maximum atomic E-state index is 11.3. The summed E-state index contributed by atoms with van der Waals surface area (Å²) in [5, 5.41) is 6.62. The van der Waals surface area contributed by atoms with Crippen molar-refractivity contribution in [3.63, 3.8) is 0 Å². The number of rotatable bonds is 5. The molecule has 0 radical (unpaired) electrons. The first-order valence-electron chi connectivity index (χ1n) is 7.07. The lowest BCUT2D eigenvalue weighted by Crippen LogP contribution is -2.45. The Morgan fingerprint density at radius 3 is 2.74 bits per heavy atom. The van der Waals surface area contributed by atoms with Gasteiger partial charge in [-0.1, -0.05) is 17.3 Å². The zero-order valence-electron chi connectivity index (χ0n) is 13.4. The monoisotopic (exact) mass is 343 g/mol. The standard InChI is InChI=1S/C15H21N3O4.ClH/c1-11(19)16-15(17-21-9-8-18(2)3)14-10-20-12-6-4-5-7-13(12)22-14;/h4-7,14H,8-10H2,1-3H3,(H,16,17,19);1H. The van der Waals surface area contributed by atoms with Gasteiger partial charge in [0, 0.05) is 13.5 Å². The van der Waals surface area contributed by atoms with Crippen LogP contribution in [0.15, 0.2) is 29.4 Å². The first kappa shape index (κ1) is 19.1. The third kappa shape index (κ3) is 5.96. The third-order valence-corrected chi connectivity index (χ3v) is 2.91. The summed E-state index contributed by atoms with van der Waals surface area (Å²) >= 11 is 0. The molecule has 128 valence electrons. The molecular formula is C15H22ClN3O4. The van der Waals surface area contributed by atoms with Crippen molar-refractivity contribution in [1.82, 2.24) is 10.2 Å². The molecule has 1 aromatic rings. The number of nitrogens with zero attached hydrogens (tertiary/aromatic N) is 2. The minimum Gasteiger partial charge on any atom is -0.485 e. The van der Waals surface area contributed by atoms with E-state index in [9.17, 15) is 4.79 Å². The number of para-hydroxylation sites is 2. The summed E-state index contributed by atoms with van der Waals surface area (Å²) < 4.78 is 11.4. The number of amides is 1. The molecule has 1 aliphatic heterocycles. The number of carbonyl (C=O) groups excluding carboxylic acids is 1. The molecule has 7 nitrogen and oxygen atoms in total. The molecule has 0 saturated carbocycles. The van der Waals surface area contributed by atoms with Crippen LogP contribution in [0.5, 0.6) is 11.5 Å². The number of likely N-dealkylation sites (N-methyl/N-ethyl adjacent to an activating group) is 1. The van der Waals surface area contributed by atoms with Crippen LogP contribution in [0.3, 0.4) is 0 Å². The average Bonchev–Trinajstić information content (AvgIpc) is 2.49. The molecule has 0 bridgehead atoms. The molecule has 1 heterocycles. The van der Waals surface area contributed by atoms with Gasteiger partial charge >= 0.3 is 0 Å². The minimum atomic E-state index is -0.516. The summed E-state index contributed by atoms with van der Waals surface area (Å²) in [6.07, 6.45) is -0.516. The summed E-state index contributed by atoms with van der Waals surface area (Å²) in [5.41, 5.74) is 0. The molecule has 0 spiro atoms. The van der Waals surface area contributed by atoms with Crippen molar-refractivity contribution in [2.75, 3.05) is 33.9 Å². The Kier molecular flexibility index (Phi) is 7.64. The highest BCUT2D eigenvalue weighted by atomic mass is 35.5. The van der Waals surface area contributed by atoms with Crippen molar-refractivity contribution < 1.29 is 19.1 Å². The van der Waals surface area contributed by atoms with Crippen LogP contribution in [0.1, 0.15) is 6.92 Å². The van der Waals surface area contributed by atoms with Gasteiger partial charge < -0.3 is 24.5 Å². The molecule has 0 aromatic heterocycles. The fourth-order valence-electron chi connectivity index (χ4n) is 1.84. The van der Waals surface area contributed by atoms with E-state index in [-0.39, 0.29) is 24.9 Å². The number of amidine groups is 1. The molecule has 0 saturated heterocycles. The van der Waals surface area contributed by atoms with Gasteiger partial charge in [0.1, 0.15) is 13.2 Å². The summed E-state index contributed by atoms with van der Waals surface area (Å²) in [6, 6.07) is 7.36. The van der Waals surface area contributed by atoms with E-state index in [1.807, 2.05) is 37.2 Å². The minimum absolute atomic E-state index is 0. The van der Waals surface area contributed by atoms with Crippen molar-refractivity contribution in [3.8, 4) is 11.5 Å². The second-order valence-corrected chi connectivity index (χ2v) is 5.16. The smallest absolute Gasteiger partial charge is 0.222 e. The van der Waals surface area contributed by atoms with E-state index in [0.717, 1.165) is 6.54 Å². The SMILES string of the molecule is CC(=O)N/C(=N\OCCN(C)C)C1COc2ccccc2O1.Cl. The van der Waals surface area contributed by atoms with Gasteiger partial charge in [-0.05, 0) is 26.2 Å². The van der Waals surface area contributed by atoms with E-state index in [0.29, 0.717) is 23.9 Å². The van der Waals surface area contributed by atoms with E-state index in [2.05, 4.69) is 10.5 Å². The second kappa shape index (κ2) is 9.22. The lowest BCUT2D eigenvalue weighted by molar-refractivity contribution is -0.117. The number of hydrogen-bond acceptors (Lipinski definition) is 6. The summed E-state index contributed by atoms with van der Waals surface area (Å²) in [5.74, 6) is 1.36. The number of fused-ring (bicyclic) bond motifs is 1. The largest absolute Gasteiger partial charge is 0.485 e. The molecular weight excluding hydrogens is 322 g/mol. The van der Waals surface area contributed by atoms with E-state index >= 15 is 0 Å². The number of hydrogen-bond donors (Lipinski definition) is 1. The third-order valence-electron chi connectivity index (χ3n) is 2.91. The van der Waals surface area contributed by atoms with Crippen LogP contribution in [-0.4, -0.2) is 56.6 Å². The van der Waals surface area contributed by atoms with Gasteiger partial charge in [-0.25, -0.2) is 0 Å².